The molecule has 1 heterocycles. The predicted octanol–water partition coefficient (Wildman–Crippen LogP) is 2.76. The molecule has 6 nitrogen and oxygen atoms in total. The van der Waals surface area contributed by atoms with E-state index in [2.05, 4.69) is 23.3 Å². The Morgan fingerprint density at radius 3 is 3.04 bits per heavy atom. The second kappa shape index (κ2) is 9.28. The van der Waals surface area contributed by atoms with Gasteiger partial charge in [-0.3, -0.25) is 0 Å². The zero-order valence-corrected chi connectivity index (χ0v) is 16.7. The number of methoxy groups -OCH3 is 1. The van der Waals surface area contributed by atoms with Crippen LogP contribution in [0.25, 0.3) is 0 Å². The highest BCUT2D eigenvalue weighted by Gasteiger charge is 2.30. The fraction of sp³-hybridized carbons (Fsp3) is 0.455. The van der Waals surface area contributed by atoms with Crippen LogP contribution >= 0.6 is 0 Å². The second-order valence-electron chi connectivity index (χ2n) is 7.30. The topological polar surface area (TPSA) is 72.0 Å². The van der Waals surface area contributed by atoms with Gasteiger partial charge < -0.3 is 30.0 Å². The number of anilines is 1. The first kappa shape index (κ1) is 20.5. The van der Waals surface area contributed by atoms with Gasteiger partial charge in [-0.2, -0.15) is 0 Å². The maximum absolute atomic E-state index is 10.2. The minimum atomic E-state index is -0.602. The van der Waals surface area contributed by atoms with Crippen molar-refractivity contribution in [2.24, 2.45) is 0 Å². The van der Waals surface area contributed by atoms with Gasteiger partial charge in [0, 0.05) is 50.0 Å². The number of aliphatic hydroxyl groups excluding tert-OH is 1. The molecule has 0 bridgehead atoms. The van der Waals surface area contributed by atoms with Crippen LogP contribution in [0.3, 0.4) is 0 Å². The molecular weight excluding hydrogens is 356 g/mol. The van der Waals surface area contributed by atoms with Crippen LogP contribution in [0.2, 0.25) is 0 Å². The summed E-state index contributed by atoms with van der Waals surface area (Å²) in [4.78, 5) is 0. The van der Waals surface area contributed by atoms with Crippen LogP contribution in [-0.4, -0.2) is 50.2 Å². The number of fused-ring (bicyclic) bond motifs is 1. The number of aliphatic hydroxyl groups is 1. The Morgan fingerprint density at radius 2 is 2.21 bits per heavy atom. The number of hydrogen-bond donors (Lipinski definition) is 3. The normalized spacial score (nSPS) is 21.7. The highest BCUT2D eigenvalue weighted by atomic mass is 16.5. The fourth-order valence-corrected chi connectivity index (χ4v) is 3.31. The summed E-state index contributed by atoms with van der Waals surface area (Å²) in [6, 6.07) is 5.86. The summed E-state index contributed by atoms with van der Waals surface area (Å²) in [7, 11) is 1.69. The quantitative estimate of drug-likeness (QED) is 0.537. The molecule has 2 unspecified atom stereocenters. The average Bonchev–Trinajstić information content (AvgIpc) is 3.08. The molecule has 0 aromatic heterocycles. The molecular formula is C22H30N2O4. The van der Waals surface area contributed by atoms with Crippen LogP contribution in [0.1, 0.15) is 18.9 Å². The Kier molecular flexibility index (Phi) is 6.78. The van der Waals surface area contributed by atoms with Crippen LogP contribution in [0.15, 0.2) is 54.5 Å². The molecule has 2 atom stereocenters. The first-order valence-electron chi connectivity index (χ1n) is 9.65. The van der Waals surface area contributed by atoms with Gasteiger partial charge in [0.05, 0.1) is 0 Å². The van der Waals surface area contributed by atoms with Crippen LogP contribution in [-0.2, 0) is 15.9 Å². The Balaban J connectivity index is 1.35. The van der Waals surface area contributed by atoms with Crippen molar-refractivity contribution >= 4 is 5.69 Å². The first-order chi connectivity index (χ1) is 13.5. The lowest BCUT2D eigenvalue weighted by molar-refractivity contribution is -0.0131. The minimum absolute atomic E-state index is 0.231. The van der Waals surface area contributed by atoms with Gasteiger partial charge in [-0.25, -0.2) is 0 Å². The van der Waals surface area contributed by atoms with E-state index in [0.29, 0.717) is 19.7 Å². The summed E-state index contributed by atoms with van der Waals surface area (Å²) in [5, 5.41) is 16.6. The molecule has 0 saturated heterocycles. The Hall–Kier alpha value is -2.28. The molecule has 1 aromatic rings. The van der Waals surface area contributed by atoms with E-state index in [1.807, 2.05) is 37.3 Å². The maximum atomic E-state index is 10.2. The van der Waals surface area contributed by atoms with E-state index >= 15 is 0 Å². The molecule has 6 heteroatoms. The highest BCUT2D eigenvalue weighted by Crippen LogP contribution is 2.34. The van der Waals surface area contributed by atoms with Crippen LogP contribution in [0, 0.1) is 0 Å². The Morgan fingerprint density at radius 1 is 1.36 bits per heavy atom. The van der Waals surface area contributed by atoms with Gasteiger partial charge in [0.15, 0.2) is 0 Å². The molecule has 1 aliphatic carbocycles. The molecule has 3 N–H and O–H groups in total. The van der Waals surface area contributed by atoms with E-state index in [1.165, 1.54) is 0 Å². The fourth-order valence-electron chi connectivity index (χ4n) is 3.31. The van der Waals surface area contributed by atoms with Crippen molar-refractivity contribution in [3.05, 3.63) is 60.0 Å². The van der Waals surface area contributed by atoms with Crippen molar-refractivity contribution in [1.82, 2.24) is 5.32 Å². The summed E-state index contributed by atoms with van der Waals surface area (Å²) < 4.78 is 17.2. The number of rotatable bonds is 10. The van der Waals surface area contributed by atoms with Crippen molar-refractivity contribution < 1.29 is 19.3 Å². The van der Waals surface area contributed by atoms with E-state index in [1.54, 1.807) is 7.11 Å². The summed E-state index contributed by atoms with van der Waals surface area (Å²) in [6.45, 7) is 7.77. The predicted molar refractivity (Wildman–Crippen MR) is 110 cm³/mol. The lowest BCUT2D eigenvalue weighted by Crippen LogP contribution is -2.35. The largest absolute Gasteiger partial charge is 0.494 e. The number of nitrogens with one attached hydrogen (secondary N) is 2. The Bertz CT molecular complexity index is 759. The zero-order chi connectivity index (χ0) is 20.0. The number of benzene rings is 1. The third kappa shape index (κ3) is 4.95. The van der Waals surface area contributed by atoms with Gasteiger partial charge in [0.25, 0.3) is 0 Å². The molecule has 152 valence electrons. The molecule has 3 rings (SSSR count). The minimum Gasteiger partial charge on any atom is -0.494 e. The number of ether oxygens (including phenoxy) is 3. The van der Waals surface area contributed by atoms with Gasteiger partial charge in [-0.15, -0.1) is 0 Å². The standard InChI is InChI=1S/C22H30N2O4/c1-16-13-18-19(24-16)7-6-8-20(18)28-15-17(25)14-23-11-12-27-21-9-4-5-10-22(21,2)26-3/h4-9,17,23-25H,1,10-15H2,2-3H3. The molecule has 1 aliphatic heterocycles. The molecule has 0 spiro atoms. The van der Waals surface area contributed by atoms with Crippen molar-refractivity contribution in [2.75, 3.05) is 38.7 Å². The van der Waals surface area contributed by atoms with Crippen molar-refractivity contribution in [3.8, 4) is 5.75 Å². The van der Waals surface area contributed by atoms with Gasteiger partial charge in [0.1, 0.15) is 36.4 Å². The van der Waals surface area contributed by atoms with Crippen molar-refractivity contribution in [3.63, 3.8) is 0 Å². The molecule has 28 heavy (non-hydrogen) atoms. The lowest BCUT2D eigenvalue weighted by Gasteiger charge is -2.31. The van der Waals surface area contributed by atoms with Gasteiger partial charge in [0.2, 0.25) is 0 Å². The summed E-state index contributed by atoms with van der Waals surface area (Å²) in [5.74, 6) is 1.62. The van der Waals surface area contributed by atoms with E-state index < -0.39 is 11.7 Å². The van der Waals surface area contributed by atoms with Gasteiger partial charge in [-0.05, 0) is 25.1 Å². The number of allylic oxidation sites excluding steroid dienone is 3. The van der Waals surface area contributed by atoms with Crippen LogP contribution in [0.4, 0.5) is 5.69 Å². The second-order valence-corrected chi connectivity index (χ2v) is 7.30. The summed E-state index contributed by atoms with van der Waals surface area (Å²) >= 11 is 0. The molecule has 2 aliphatic rings. The lowest BCUT2D eigenvalue weighted by atomic mass is 9.95. The summed E-state index contributed by atoms with van der Waals surface area (Å²) in [6.07, 6.45) is 6.94. The van der Waals surface area contributed by atoms with Gasteiger partial charge in [-0.1, -0.05) is 24.8 Å². The van der Waals surface area contributed by atoms with Crippen LogP contribution < -0.4 is 15.4 Å². The van der Waals surface area contributed by atoms with E-state index in [4.69, 9.17) is 14.2 Å². The van der Waals surface area contributed by atoms with Crippen molar-refractivity contribution in [2.45, 2.75) is 31.5 Å². The van der Waals surface area contributed by atoms with E-state index in [0.717, 1.165) is 41.3 Å². The molecule has 0 fully saturated rings. The number of hydrogen-bond acceptors (Lipinski definition) is 6. The van der Waals surface area contributed by atoms with E-state index in [-0.39, 0.29) is 6.61 Å². The van der Waals surface area contributed by atoms with Crippen molar-refractivity contribution in [1.29, 1.82) is 0 Å². The average molecular weight is 386 g/mol. The smallest absolute Gasteiger partial charge is 0.128 e. The first-order valence-corrected chi connectivity index (χ1v) is 9.65. The monoisotopic (exact) mass is 386 g/mol. The maximum Gasteiger partial charge on any atom is 0.128 e. The van der Waals surface area contributed by atoms with Gasteiger partial charge >= 0.3 is 0 Å². The third-order valence-electron chi connectivity index (χ3n) is 5.05. The van der Waals surface area contributed by atoms with E-state index in [9.17, 15) is 5.11 Å². The third-order valence-corrected chi connectivity index (χ3v) is 5.05. The molecule has 0 amide bonds. The molecule has 1 aromatic carbocycles. The van der Waals surface area contributed by atoms with Crippen LogP contribution in [0.5, 0.6) is 5.75 Å². The summed E-state index contributed by atoms with van der Waals surface area (Å²) in [5.41, 5.74) is 2.68. The Labute approximate surface area is 166 Å². The highest BCUT2D eigenvalue weighted by molar-refractivity contribution is 5.66. The molecule has 0 radical (unpaired) electrons. The SMILES string of the molecule is C=C1Cc2c(cccc2OCC(O)CNCCOC2=CC=CCC2(C)OC)N1. The zero-order valence-electron chi connectivity index (χ0n) is 16.7. The molecule has 0 saturated carbocycles.